The molecule has 2 heterocycles. The Morgan fingerprint density at radius 3 is 2.62 bits per heavy atom. The van der Waals surface area contributed by atoms with Gasteiger partial charge in [0.25, 0.3) is 0 Å². The van der Waals surface area contributed by atoms with Crippen molar-refractivity contribution in [3.8, 4) is 11.3 Å². The van der Waals surface area contributed by atoms with Gasteiger partial charge < -0.3 is 8.83 Å². The van der Waals surface area contributed by atoms with Crippen LogP contribution >= 0.6 is 0 Å². The minimum Gasteiger partial charge on any atom is -0.456 e. The van der Waals surface area contributed by atoms with E-state index in [4.69, 9.17) is 8.83 Å². The van der Waals surface area contributed by atoms with Gasteiger partial charge in [0.1, 0.15) is 11.3 Å². The van der Waals surface area contributed by atoms with Gasteiger partial charge in [-0.3, -0.25) is 9.78 Å². The van der Waals surface area contributed by atoms with E-state index in [9.17, 15) is 9.59 Å². The molecular formula is C16H9NO4. The Balaban J connectivity index is 1.99. The van der Waals surface area contributed by atoms with Crippen LogP contribution in [-0.4, -0.2) is 4.98 Å². The van der Waals surface area contributed by atoms with Crippen molar-refractivity contribution in [2.75, 3.05) is 0 Å². The first kappa shape index (κ1) is 11.7. The van der Waals surface area contributed by atoms with Crippen LogP contribution in [0.25, 0.3) is 33.4 Å². The van der Waals surface area contributed by atoms with Crippen LogP contribution in [-0.2, 0) is 0 Å². The molecule has 1 N–H and O–H groups in total. The van der Waals surface area contributed by atoms with Crippen LogP contribution in [0.4, 0.5) is 0 Å². The third-order valence-electron chi connectivity index (χ3n) is 3.34. The third kappa shape index (κ3) is 1.87. The topological polar surface area (TPSA) is 76.2 Å². The molecule has 5 heteroatoms. The van der Waals surface area contributed by atoms with E-state index in [1.54, 1.807) is 36.4 Å². The highest BCUT2D eigenvalue weighted by Crippen LogP contribution is 2.24. The molecule has 0 amide bonds. The molecule has 2 aromatic heterocycles. The molecular weight excluding hydrogens is 270 g/mol. The molecule has 5 nitrogen and oxygen atoms in total. The van der Waals surface area contributed by atoms with Crippen LogP contribution in [0.15, 0.2) is 67.0 Å². The molecule has 102 valence electrons. The van der Waals surface area contributed by atoms with Crippen LogP contribution in [0, 0.1) is 0 Å². The summed E-state index contributed by atoms with van der Waals surface area (Å²) in [5, 5.41) is 0.538. The Kier molecular flexibility index (Phi) is 2.35. The maximum Gasteiger partial charge on any atom is 0.417 e. The lowest BCUT2D eigenvalue weighted by Crippen LogP contribution is -1.99. The van der Waals surface area contributed by atoms with Gasteiger partial charge in [0.05, 0.1) is 10.9 Å². The Bertz CT molecular complexity index is 1080. The number of hydrogen-bond donors (Lipinski definition) is 1. The van der Waals surface area contributed by atoms with Crippen molar-refractivity contribution in [2.45, 2.75) is 0 Å². The van der Waals surface area contributed by atoms with E-state index in [0.717, 1.165) is 0 Å². The van der Waals surface area contributed by atoms with E-state index < -0.39 is 5.76 Å². The van der Waals surface area contributed by atoms with E-state index in [1.807, 2.05) is 6.07 Å². The number of fused-ring (bicyclic) bond motifs is 2. The summed E-state index contributed by atoms with van der Waals surface area (Å²) in [7, 11) is 0. The third-order valence-corrected chi connectivity index (χ3v) is 3.34. The van der Waals surface area contributed by atoms with Crippen molar-refractivity contribution in [3.63, 3.8) is 0 Å². The van der Waals surface area contributed by atoms with Crippen LogP contribution in [0.2, 0.25) is 0 Å². The fraction of sp³-hybridized carbons (Fsp3) is 0. The highest BCUT2D eigenvalue weighted by atomic mass is 16.4. The fourth-order valence-electron chi connectivity index (χ4n) is 2.34. The smallest absolute Gasteiger partial charge is 0.417 e. The normalized spacial score (nSPS) is 11.2. The number of benzene rings is 2. The Labute approximate surface area is 117 Å². The minimum atomic E-state index is -0.512. The monoisotopic (exact) mass is 279 g/mol. The number of rotatable bonds is 1. The first-order chi connectivity index (χ1) is 10.2. The molecule has 0 aliphatic heterocycles. The zero-order chi connectivity index (χ0) is 14.4. The quantitative estimate of drug-likeness (QED) is 0.581. The summed E-state index contributed by atoms with van der Waals surface area (Å²) in [6.45, 7) is 0. The Morgan fingerprint density at radius 2 is 1.71 bits per heavy atom. The predicted octanol–water partition coefficient (Wildman–Crippen LogP) is 2.89. The van der Waals surface area contributed by atoms with Crippen molar-refractivity contribution in [1.29, 1.82) is 0 Å². The van der Waals surface area contributed by atoms with Crippen molar-refractivity contribution in [3.05, 3.63) is 69.3 Å². The summed E-state index contributed by atoms with van der Waals surface area (Å²) in [6, 6.07) is 13.7. The predicted molar refractivity (Wildman–Crippen MR) is 78.3 cm³/mol. The summed E-state index contributed by atoms with van der Waals surface area (Å²) in [5.74, 6) is -0.0773. The van der Waals surface area contributed by atoms with Crippen LogP contribution < -0.4 is 11.2 Å². The average Bonchev–Trinajstić information content (AvgIpc) is 2.86. The van der Waals surface area contributed by atoms with Crippen LogP contribution in [0.1, 0.15) is 0 Å². The van der Waals surface area contributed by atoms with E-state index in [1.165, 1.54) is 6.07 Å². The summed E-state index contributed by atoms with van der Waals surface area (Å²) >= 11 is 0. The number of aromatic nitrogens is 1. The second-order valence-corrected chi connectivity index (χ2v) is 4.70. The molecule has 0 aliphatic carbocycles. The lowest BCUT2D eigenvalue weighted by molar-refractivity contribution is 0.555. The first-order valence-electron chi connectivity index (χ1n) is 6.37. The van der Waals surface area contributed by atoms with Crippen molar-refractivity contribution < 1.29 is 8.83 Å². The average molecular weight is 279 g/mol. The molecule has 0 radical (unpaired) electrons. The lowest BCUT2D eigenvalue weighted by Gasteiger charge is -2.02. The minimum absolute atomic E-state index is 0.109. The molecule has 4 rings (SSSR count). The van der Waals surface area contributed by atoms with Crippen molar-refractivity contribution >= 4 is 22.1 Å². The molecule has 0 saturated heterocycles. The van der Waals surface area contributed by atoms with Gasteiger partial charge in [0, 0.05) is 11.6 Å². The number of aromatic amines is 1. The van der Waals surface area contributed by atoms with Gasteiger partial charge in [-0.2, -0.15) is 0 Å². The molecule has 21 heavy (non-hydrogen) atoms. The number of hydrogen-bond acceptors (Lipinski definition) is 4. The molecule has 4 aromatic rings. The van der Waals surface area contributed by atoms with Crippen molar-refractivity contribution in [2.24, 2.45) is 0 Å². The van der Waals surface area contributed by atoms with Crippen LogP contribution in [0.5, 0.6) is 0 Å². The molecule has 0 atom stereocenters. The largest absolute Gasteiger partial charge is 0.456 e. The van der Waals surface area contributed by atoms with E-state index in [2.05, 4.69) is 4.98 Å². The molecule has 0 fully saturated rings. The summed E-state index contributed by atoms with van der Waals surface area (Å²) in [4.78, 5) is 25.8. The van der Waals surface area contributed by atoms with Gasteiger partial charge in [0.15, 0.2) is 11.0 Å². The molecule has 0 saturated carbocycles. The summed E-state index contributed by atoms with van der Waals surface area (Å²) < 4.78 is 10.8. The first-order valence-corrected chi connectivity index (χ1v) is 6.37. The Hall–Kier alpha value is -3.08. The molecule has 0 bridgehead atoms. The highest BCUT2D eigenvalue weighted by molar-refractivity contribution is 5.81. The molecule has 0 aliphatic rings. The second-order valence-electron chi connectivity index (χ2n) is 4.70. The number of H-pyrrole nitrogens is 1. The number of oxazole rings is 1. The van der Waals surface area contributed by atoms with E-state index >= 15 is 0 Å². The Morgan fingerprint density at radius 1 is 0.857 bits per heavy atom. The standard InChI is InChI=1S/C16H9NO4/c18-12-8-14(20-13-4-2-1-3-10(12)13)9-5-6-11-15(7-9)21-16(19)17-11/h1-8H,(H,17,19). The number of nitrogens with one attached hydrogen (secondary N) is 1. The maximum absolute atomic E-state index is 12.1. The fourth-order valence-corrected chi connectivity index (χ4v) is 2.34. The maximum atomic E-state index is 12.1. The van der Waals surface area contributed by atoms with Gasteiger partial charge in [-0.15, -0.1) is 0 Å². The SMILES string of the molecule is O=c1[nH]c2ccc(-c3cc(=O)c4ccccc4o3)cc2o1. The van der Waals surface area contributed by atoms with Gasteiger partial charge in [0.2, 0.25) is 0 Å². The zero-order valence-corrected chi connectivity index (χ0v) is 10.8. The second kappa shape index (κ2) is 4.21. The summed E-state index contributed by atoms with van der Waals surface area (Å²) in [5.41, 5.74) is 2.12. The van der Waals surface area contributed by atoms with Crippen molar-refractivity contribution in [1.82, 2.24) is 4.98 Å². The molecule has 0 unspecified atom stereocenters. The zero-order valence-electron chi connectivity index (χ0n) is 10.8. The van der Waals surface area contributed by atoms with E-state index in [-0.39, 0.29) is 5.43 Å². The summed E-state index contributed by atoms with van der Waals surface area (Å²) in [6.07, 6.45) is 0. The van der Waals surface area contributed by atoms with Crippen LogP contribution in [0.3, 0.4) is 0 Å². The van der Waals surface area contributed by atoms with Gasteiger partial charge in [-0.05, 0) is 30.3 Å². The molecule has 2 aromatic carbocycles. The molecule has 0 spiro atoms. The van der Waals surface area contributed by atoms with Gasteiger partial charge in [-0.1, -0.05) is 12.1 Å². The van der Waals surface area contributed by atoms with E-state index in [0.29, 0.717) is 33.4 Å². The van der Waals surface area contributed by atoms with Gasteiger partial charge >= 0.3 is 5.76 Å². The lowest BCUT2D eigenvalue weighted by atomic mass is 10.1. The highest BCUT2D eigenvalue weighted by Gasteiger charge is 2.09. The van der Waals surface area contributed by atoms with Gasteiger partial charge in [-0.25, -0.2) is 4.79 Å². The number of para-hydroxylation sites is 1.